The van der Waals surface area contributed by atoms with Crippen molar-refractivity contribution in [2.45, 2.75) is 6.04 Å². The molecule has 6 heteroatoms. The van der Waals surface area contributed by atoms with Gasteiger partial charge in [0.05, 0.1) is 12.2 Å². The molecule has 0 radical (unpaired) electrons. The first-order valence-corrected chi connectivity index (χ1v) is 5.79. The molecule has 3 rings (SSSR count). The van der Waals surface area contributed by atoms with Gasteiger partial charge in [-0.05, 0) is 12.1 Å². The molecule has 0 saturated heterocycles. The van der Waals surface area contributed by atoms with Gasteiger partial charge in [-0.15, -0.1) is 5.10 Å². The number of aromatic carboxylic acids is 1. The van der Waals surface area contributed by atoms with Crippen molar-refractivity contribution in [3.05, 3.63) is 47.7 Å². The van der Waals surface area contributed by atoms with Crippen molar-refractivity contribution in [2.24, 2.45) is 0 Å². The van der Waals surface area contributed by atoms with E-state index in [4.69, 9.17) is 9.84 Å². The van der Waals surface area contributed by atoms with Gasteiger partial charge in [0.25, 0.3) is 0 Å². The molecule has 1 aromatic carbocycles. The number of carboxylic acid groups (broad SMARTS) is 1. The second-order valence-corrected chi connectivity index (χ2v) is 4.14. The van der Waals surface area contributed by atoms with Crippen LogP contribution in [0.5, 0.6) is 5.75 Å². The van der Waals surface area contributed by atoms with Crippen molar-refractivity contribution in [2.75, 3.05) is 11.9 Å². The van der Waals surface area contributed by atoms with Gasteiger partial charge in [-0.1, -0.05) is 18.2 Å². The number of benzene rings is 1. The molecule has 2 N–H and O–H groups in total. The number of ether oxygens (including phenoxy) is 1. The number of carbonyl (C=O) groups is 1. The molecule has 0 amide bonds. The summed E-state index contributed by atoms with van der Waals surface area (Å²) in [6, 6.07) is 8.93. The number of carboxylic acids is 1. The minimum absolute atomic E-state index is 0.0966. The first-order chi connectivity index (χ1) is 9.25. The predicted molar refractivity (Wildman–Crippen MR) is 67.3 cm³/mol. The van der Waals surface area contributed by atoms with Crippen molar-refractivity contribution in [3.8, 4) is 5.75 Å². The van der Waals surface area contributed by atoms with Crippen LogP contribution in [0, 0.1) is 0 Å². The van der Waals surface area contributed by atoms with Crippen LogP contribution in [0.25, 0.3) is 0 Å². The molecule has 2 aromatic rings. The van der Waals surface area contributed by atoms with Gasteiger partial charge < -0.3 is 15.2 Å². The highest BCUT2D eigenvalue weighted by Crippen LogP contribution is 2.34. The quantitative estimate of drug-likeness (QED) is 0.871. The summed E-state index contributed by atoms with van der Waals surface area (Å²) in [6.45, 7) is 0.439. The maximum atomic E-state index is 11.1. The third kappa shape index (κ3) is 2.08. The van der Waals surface area contributed by atoms with Crippen molar-refractivity contribution >= 4 is 11.8 Å². The van der Waals surface area contributed by atoms with Gasteiger partial charge >= 0.3 is 5.97 Å². The summed E-state index contributed by atoms with van der Waals surface area (Å²) in [4.78, 5) is 11.1. The third-order valence-corrected chi connectivity index (χ3v) is 2.96. The second kappa shape index (κ2) is 4.56. The number of hydrogen-bond acceptors (Lipinski definition) is 5. The van der Waals surface area contributed by atoms with Gasteiger partial charge in [0.2, 0.25) is 0 Å². The van der Waals surface area contributed by atoms with Gasteiger partial charge in [0.15, 0.2) is 5.82 Å². The zero-order valence-corrected chi connectivity index (χ0v) is 9.91. The molecule has 1 unspecified atom stereocenters. The number of hydrogen-bond donors (Lipinski definition) is 2. The van der Waals surface area contributed by atoms with E-state index in [1.165, 1.54) is 12.3 Å². The first kappa shape index (κ1) is 11.5. The summed E-state index contributed by atoms with van der Waals surface area (Å²) in [6.07, 6.45) is 1.35. The summed E-state index contributed by atoms with van der Waals surface area (Å²) in [7, 11) is 0. The number of rotatable bonds is 3. The third-order valence-electron chi connectivity index (χ3n) is 2.96. The van der Waals surface area contributed by atoms with Crippen LogP contribution in [0.1, 0.15) is 22.0 Å². The number of para-hydroxylation sites is 1. The Kier molecular flexibility index (Phi) is 2.75. The maximum Gasteiger partial charge on any atom is 0.339 e. The molecule has 1 aromatic heterocycles. The summed E-state index contributed by atoms with van der Waals surface area (Å²) >= 11 is 0. The van der Waals surface area contributed by atoms with E-state index >= 15 is 0 Å². The van der Waals surface area contributed by atoms with Gasteiger partial charge in [-0.25, -0.2) is 4.79 Å². The Morgan fingerprint density at radius 1 is 1.37 bits per heavy atom. The average molecular weight is 257 g/mol. The van der Waals surface area contributed by atoms with E-state index in [1.807, 2.05) is 24.3 Å². The van der Waals surface area contributed by atoms with Crippen LogP contribution in [0.2, 0.25) is 0 Å². The summed E-state index contributed by atoms with van der Waals surface area (Å²) in [5.41, 5.74) is 1.09. The fourth-order valence-corrected chi connectivity index (χ4v) is 2.06. The lowest BCUT2D eigenvalue weighted by Gasteiger charge is -2.13. The van der Waals surface area contributed by atoms with E-state index in [0.717, 1.165) is 11.3 Å². The Morgan fingerprint density at radius 2 is 2.21 bits per heavy atom. The topological polar surface area (TPSA) is 84.3 Å². The standard InChI is InChI=1S/C13H11N3O3/c17-13(18)9-5-6-14-16-12(9)15-10-7-19-11-4-2-1-3-8(10)11/h1-6,10H,7H2,(H,15,16)(H,17,18). The van der Waals surface area contributed by atoms with Crippen molar-refractivity contribution in [1.82, 2.24) is 10.2 Å². The lowest BCUT2D eigenvalue weighted by atomic mass is 10.1. The highest BCUT2D eigenvalue weighted by Gasteiger charge is 2.25. The van der Waals surface area contributed by atoms with Crippen LogP contribution in [0.3, 0.4) is 0 Å². The lowest BCUT2D eigenvalue weighted by molar-refractivity contribution is 0.0697. The van der Waals surface area contributed by atoms with Crippen molar-refractivity contribution in [1.29, 1.82) is 0 Å². The number of aromatic nitrogens is 2. The number of nitrogens with zero attached hydrogens (tertiary/aromatic N) is 2. The van der Waals surface area contributed by atoms with Gasteiger partial charge in [-0.2, -0.15) is 5.10 Å². The van der Waals surface area contributed by atoms with E-state index < -0.39 is 5.97 Å². The van der Waals surface area contributed by atoms with Gasteiger partial charge in [0.1, 0.15) is 17.9 Å². The Labute approximate surface area is 109 Å². The fourth-order valence-electron chi connectivity index (χ4n) is 2.06. The molecule has 0 aliphatic carbocycles. The van der Waals surface area contributed by atoms with E-state index in [9.17, 15) is 4.79 Å². The highest BCUT2D eigenvalue weighted by molar-refractivity contribution is 5.92. The molecular weight excluding hydrogens is 246 g/mol. The molecule has 0 fully saturated rings. The molecule has 1 aliphatic heterocycles. The fraction of sp³-hybridized carbons (Fsp3) is 0.154. The normalized spacial score (nSPS) is 16.5. The molecule has 0 bridgehead atoms. The molecule has 0 spiro atoms. The summed E-state index contributed by atoms with van der Waals surface area (Å²) < 4.78 is 5.53. The zero-order valence-electron chi connectivity index (χ0n) is 9.91. The summed E-state index contributed by atoms with van der Waals surface area (Å²) in [5.74, 6) is 0.0191. The lowest BCUT2D eigenvalue weighted by Crippen LogP contribution is -2.16. The first-order valence-electron chi connectivity index (χ1n) is 5.79. The molecular formula is C13H11N3O3. The smallest absolute Gasteiger partial charge is 0.339 e. The van der Waals surface area contributed by atoms with Crippen LogP contribution >= 0.6 is 0 Å². The monoisotopic (exact) mass is 257 g/mol. The van der Waals surface area contributed by atoms with Crippen LogP contribution in [0.4, 0.5) is 5.82 Å². The molecule has 0 saturated carbocycles. The molecule has 1 aliphatic rings. The highest BCUT2D eigenvalue weighted by atomic mass is 16.5. The Balaban J connectivity index is 1.90. The van der Waals surface area contributed by atoms with Crippen LogP contribution in [-0.4, -0.2) is 27.9 Å². The largest absolute Gasteiger partial charge is 0.491 e. The van der Waals surface area contributed by atoms with Gasteiger partial charge in [-0.3, -0.25) is 0 Å². The molecule has 19 heavy (non-hydrogen) atoms. The summed E-state index contributed by atoms with van der Waals surface area (Å²) in [5, 5.41) is 19.7. The number of fused-ring (bicyclic) bond motifs is 1. The van der Waals surface area contributed by atoms with E-state index in [1.54, 1.807) is 0 Å². The van der Waals surface area contributed by atoms with Crippen molar-refractivity contribution in [3.63, 3.8) is 0 Å². The van der Waals surface area contributed by atoms with Crippen molar-refractivity contribution < 1.29 is 14.6 Å². The molecule has 2 heterocycles. The molecule has 6 nitrogen and oxygen atoms in total. The van der Waals surface area contributed by atoms with Crippen LogP contribution in [0.15, 0.2) is 36.5 Å². The minimum atomic E-state index is -1.04. The zero-order chi connectivity index (χ0) is 13.2. The van der Waals surface area contributed by atoms with Gasteiger partial charge in [0, 0.05) is 5.56 Å². The number of anilines is 1. The van der Waals surface area contributed by atoms with E-state index in [-0.39, 0.29) is 17.4 Å². The minimum Gasteiger partial charge on any atom is -0.491 e. The predicted octanol–water partition coefficient (Wildman–Crippen LogP) is 1.72. The SMILES string of the molecule is O=C(O)c1ccnnc1NC1COc2ccccc21. The average Bonchev–Trinajstić information content (AvgIpc) is 2.83. The molecule has 96 valence electrons. The number of nitrogens with one attached hydrogen (secondary N) is 1. The second-order valence-electron chi connectivity index (χ2n) is 4.14. The van der Waals surface area contributed by atoms with E-state index in [2.05, 4.69) is 15.5 Å². The van der Waals surface area contributed by atoms with E-state index in [0.29, 0.717) is 6.61 Å². The van der Waals surface area contributed by atoms with Crippen LogP contribution < -0.4 is 10.1 Å². The Morgan fingerprint density at radius 3 is 3.05 bits per heavy atom. The Hall–Kier alpha value is -2.63. The Bertz CT molecular complexity index is 630. The molecule has 1 atom stereocenters. The van der Waals surface area contributed by atoms with Crippen LogP contribution in [-0.2, 0) is 0 Å². The maximum absolute atomic E-state index is 11.1.